The first-order chi connectivity index (χ1) is 19.6. The quantitative estimate of drug-likeness (QED) is 0.0645. The van der Waals surface area contributed by atoms with Gasteiger partial charge < -0.3 is 14.6 Å². The van der Waals surface area contributed by atoms with E-state index in [0.29, 0.717) is 12.8 Å². The molecule has 0 aliphatic rings. The summed E-state index contributed by atoms with van der Waals surface area (Å²) in [4.78, 5) is 24.0. The van der Waals surface area contributed by atoms with Crippen LogP contribution in [-0.4, -0.2) is 36.4 Å². The number of aliphatic hydroxyl groups excluding tert-OH is 1. The number of carbonyl (C=O) groups excluding carboxylic acids is 2. The molecule has 0 heterocycles. The standard InChI is InChI=1S/C35H68O5/c1-3-5-7-9-11-12-13-14-15-16-17-18-19-20-21-22-24-25-27-29-34(37)39-32-33(31-36)40-35(38)30-28-26-23-10-8-6-4-2/h33,36H,3-32H2,1-2H3. The Bertz CT molecular complexity index is 536. The maximum absolute atomic E-state index is 12.0. The molecule has 0 radical (unpaired) electrons. The van der Waals surface area contributed by atoms with Crippen LogP contribution in [0.1, 0.15) is 194 Å². The lowest BCUT2D eigenvalue weighted by atomic mass is 10.0. The first kappa shape index (κ1) is 38.9. The predicted molar refractivity (Wildman–Crippen MR) is 169 cm³/mol. The lowest BCUT2D eigenvalue weighted by molar-refractivity contribution is -0.161. The Morgan fingerprint density at radius 2 is 0.775 bits per heavy atom. The molecule has 1 unspecified atom stereocenters. The first-order valence-corrected chi connectivity index (χ1v) is 17.6. The maximum Gasteiger partial charge on any atom is 0.306 e. The Hall–Kier alpha value is -1.10. The highest BCUT2D eigenvalue weighted by Gasteiger charge is 2.16. The smallest absolute Gasteiger partial charge is 0.306 e. The normalized spacial score (nSPS) is 12.0. The molecule has 0 bridgehead atoms. The van der Waals surface area contributed by atoms with E-state index < -0.39 is 6.10 Å². The van der Waals surface area contributed by atoms with Gasteiger partial charge in [-0.25, -0.2) is 0 Å². The van der Waals surface area contributed by atoms with Crippen LogP contribution >= 0.6 is 0 Å². The number of esters is 2. The predicted octanol–water partition coefficient (Wildman–Crippen LogP) is 10.4. The monoisotopic (exact) mass is 569 g/mol. The highest BCUT2D eigenvalue weighted by atomic mass is 16.6. The van der Waals surface area contributed by atoms with Gasteiger partial charge >= 0.3 is 11.9 Å². The van der Waals surface area contributed by atoms with Gasteiger partial charge in [0, 0.05) is 12.8 Å². The summed E-state index contributed by atoms with van der Waals surface area (Å²) in [5, 5.41) is 9.46. The van der Waals surface area contributed by atoms with E-state index in [1.165, 1.54) is 135 Å². The number of aliphatic hydroxyl groups is 1. The van der Waals surface area contributed by atoms with Crippen molar-refractivity contribution < 1.29 is 24.2 Å². The van der Waals surface area contributed by atoms with Crippen LogP contribution in [0.15, 0.2) is 0 Å². The molecule has 0 spiro atoms. The summed E-state index contributed by atoms with van der Waals surface area (Å²) >= 11 is 0. The minimum absolute atomic E-state index is 0.0583. The van der Waals surface area contributed by atoms with Crippen molar-refractivity contribution in [2.75, 3.05) is 13.2 Å². The Morgan fingerprint density at radius 3 is 1.10 bits per heavy atom. The van der Waals surface area contributed by atoms with E-state index >= 15 is 0 Å². The summed E-state index contributed by atoms with van der Waals surface area (Å²) in [5.41, 5.74) is 0. The molecule has 5 nitrogen and oxygen atoms in total. The van der Waals surface area contributed by atoms with E-state index in [1.54, 1.807) is 0 Å². The molecular formula is C35H68O5. The summed E-state index contributed by atoms with van der Waals surface area (Å²) in [7, 11) is 0. The highest BCUT2D eigenvalue weighted by molar-refractivity contribution is 5.70. The van der Waals surface area contributed by atoms with Crippen LogP contribution in [0, 0.1) is 0 Å². The SMILES string of the molecule is CCCCCCCCCCCCCCCCCCCCCC(=O)OCC(CO)OC(=O)CCCCCCCCC. The van der Waals surface area contributed by atoms with Gasteiger partial charge in [-0.3, -0.25) is 9.59 Å². The van der Waals surface area contributed by atoms with Crippen molar-refractivity contribution in [3.8, 4) is 0 Å². The van der Waals surface area contributed by atoms with Crippen LogP contribution in [0.25, 0.3) is 0 Å². The van der Waals surface area contributed by atoms with Crippen LogP contribution in [0.2, 0.25) is 0 Å². The van der Waals surface area contributed by atoms with Crippen molar-refractivity contribution in [1.82, 2.24) is 0 Å². The fourth-order valence-electron chi connectivity index (χ4n) is 5.20. The fourth-order valence-corrected chi connectivity index (χ4v) is 5.20. The average molecular weight is 569 g/mol. The summed E-state index contributed by atoms with van der Waals surface area (Å²) < 4.78 is 10.5. The third-order valence-corrected chi connectivity index (χ3v) is 7.90. The molecule has 0 rings (SSSR count). The molecule has 0 saturated carbocycles. The van der Waals surface area contributed by atoms with Gasteiger partial charge in [-0.1, -0.05) is 168 Å². The molecule has 0 aromatic rings. The molecule has 0 aromatic heterocycles. The maximum atomic E-state index is 12.0. The molecule has 0 fully saturated rings. The number of hydrogen-bond acceptors (Lipinski definition) is 5. The molecule has 1 N–H and O–H groups in total. The van der Waals surface area contributed by atoms with E-state index in [2.05, 4.69) is 13.8 Å². The highest BCUT2D eigenvalue weighted by Crippen LogP contribution is 2.15. The number of hydrogen-bond donors (Lipinski definition) is 1. The minimum Gasteiger partial charge on any atom is -0.462 e. The summed E-state index contributed by atoms with van der Waals surface area (Å²) in [6.45, 7) is 4.10. The minimum atomic E-state index is -0.758. The molecule has 1 atom stereocenters. The lowest BCUT2D eigenvalue weighted by Gasteiger charge is -2.15. The molecule has 0 aliphatic heterocycles. The molecule has 0 aromatic carbocycles. The van der Waals surface area contributed by atoms with Gasteiger partial charge in [0.1, 0.15) is 6.61 Å². The Morgan fingerprint density at radius 1 is 0.475 bits per heavy atom. The number of unbranched alkanes of at least 4 members (excludes halogenated alkanes) is 24. The zero-order valence-electron chi connectivity index (χ0n) is 26.9. The van der Waals surface area contributed by atoms with Crippen LogP contribution < -0.4 is 0 Å². The van der Waals surface area contributed by atoms with E-state index in [-0.39, 0.29) is 25.2 Å². The zero-order chi connectivity index (χ0) is 29.4. The van der Waals surface area contributed by atoms with Crippen LogP contribution in [0.3, 0.4) is 0 Å². The van der Waals surface area contributed by atoms with E-state index in [4.69, 9.17) is 9.47 Å². The Balaban J connectivity index is 3.44. The Labute approximate surface area is 248 Å². The van der Waals surface area contributed by atoms with Gasteiger partial charge in [0.15, 0.2) is 6.10 Å². The third kappa shape index (κ3) is 29.9. The van der Waals surface area contributed by atoms with Crippen LogP contribution in [0.5, 0.6) is 0 Å². The summed E-state index contributed by atoms with van der Waals surface area (Å²) in [6, 6.07) is 0. The molecule has 40 heavy (non-hydrogen) atoms. The van der Waals surface area contributed by atoms with Crippen LogP contribution in [0.4, 0.5) is 0 Å². The fraction of sp³-hybridized carbons (Fsp3) is 0.943. The van der Waals surface area contributed by atoms with Crippen molar-refractivity contribution >= 4 is 11.9 Å². The van der Waals surface area contributed by atoms with Crippen molar-refractivity contribution in [3.63, 3.8) is 0 Å². The van der Waals surface area contributed by atoms with Gasteiger partial charge in [0.2, 0.25) is 0 Å². The van der Waals surface area contributed by atoms with Crippen molar-refractivity contribution in [3.05, 3.63) is 0 Å². The third-order valence-electron chi connectivity index (χ3n) is 7.90. The topological polar surface area (TPSA) is 72.8 Å². The van der Waals surface area contributed by atoms with Gasteiger partial charge in [-0.05, 0) is 12.8 Å². The molecular weight excluding hydrogens is 500 g/mol. The molecule has 0 aliphatic carbocycles. The second-order valence-electron chi connectivity index (χ2n) is 12.0. The summed E-state index contributed by atoms with van der Waals surface area (Å²) in [6.07, 6.45) is 33.2. The Kier molecular flexibility index (Phi) is 31.5. The zero-order valence-corrected chi connectivity index (χ0v) is 26.9. The molecule has 0 saturated heterocycles. The van der Waals surface area contributed by atoms with Crippen molar-refractivity contribution in [1.29, 1.82) is 0 Å². The van der Waals surface area contributed by atoms with Gasteiger partial charge in [-0.2, -0.15) is 0 Å². The number of carbonyl (C=O) groups is 2. The van der Waals surface area contributed by atoms with Crippen molar-refractivity contribution in [2.24, 2.45) is 0 Å². The average Bonchev–Trinajstić information content (AvgIpc) is 2.95. The number of ether oxygens (including phenoxy) is 2. The van der Waals surface area contributed by atoms with Gasteiger partial charge in [0.25, 0.3) is 0 Å². The second kappa shape index (κ2) is 32.4. The molecule has 238 valence electrons. The molecule has 5 heteroatoms. The number of rotatable bonds is 32. The van der Waals surface area contributed by atoms with E-state index in [9.17, 15) is 14.7 Å². The van der Waals surface area contributed by atoms with Gasteiger partial charge in [0.05, 0.1) is 6.61 Å². The second-order valence-corrected chi connectivity index (χ2v) is 12.0. The molecule has 0 amide bonds. The van der Waals surface area contributed by atoms with Crippen LogP contribution in [-0.2, 0) is 19.1 Å². The van der Waals surface area contributed by atoms with E-state index in [1.807, 2.05) is 0 Å². The largest absolute Gasteiger partial charge is 0.462 e. The first-order valence-electron chi connectivity index (χ1n) is 17.6. The summed E-state index contributed by atoms with van der Waals surface area (Å²) in [5.74, 6) is -0.587. The van der Waals surface area contributed by atoms with Gasteiger partial charge in [-0.15, -0.1) is 0 Å². The lowest BCUT2D eigenvalue weighted by Crippen LogP contribution is -2.28. The van der Waals surface area contributed by atoms with E-state index in [0.717, 1.165) is 32.1 Å². The van der Waals surface area contributed by atoms with Crippen molar-refractivity contribution in [2.45, 2.75) is 200 Å².